The molecule has 3 heterocycles. The average molecular weight is 302 g/mol. The number of amides is 1. The molecule has 2 N–H and O–H groups in total. The SMILES string of the molecule is CC(C)n1cccc1C(=O)N1Cc2[nH]cnc2C[C@@H]1C(=O)O. The first-order valence-corrected chi connectivity index (χ1v) is 7.20. The van der Waals surface area contributed by atoms with Crippen LogP contribution in [0.15, 0.2) is 24.7 Å². The number of rotatable bonds is 3. The van der Waals surface area contributed by atoms with Crippen molar-refractivity contribution in [2.75, 3.05) is 0 Å². The van der Waals surface area contributed by atoms with E-state index in [0.29, 0.717) is 5.69 Å². The van der Waals surface area contributed by atoms with Crippen molar-refractivity contribution in [3.05, 3.63) is 41.7 Å². The van der Waals surface area contributed by atoms with E-state index in [2.05, 4.69) is 9.97 Å². The van der Waals surface area contributed by atoms with E-state index in [1.807, 2.05) is 24.6 Å². The summed E-state index contributed by atoms with van der Waals surface area (Å²) in [6.45, 7) is 4.19. The summed E-state index contributed by atoms with van der Waals surface area (Å²) in [7, 11) is 0. The summed E-state index contributed by atoms with van der Waals surface area (Å²) < 4.78 is 1.85. The highest BCUT2D eigenvalue weighted by atomic mass is 16.4. The lowest BCUT2D eigenvalue weighted by atomic mass is 10.0. The number of carbonyl (C=O) groups is 2. The fourth-order valence-corrected chi connectivity index (χ4v) is 2.84. The number of aliphatic carboxylic acids is 1. The van der Waals surface area contributed by atoms with Gasteiger partial charge in [0.15, 0.2) is 0 Å². The minimum atomic E-state index is -1.01. The van der Waals surface area contributed by atoms with Crippen molar-refractivity contribution in [2.45, 2.75) is 38.9 Å². The maximum atomic E-state index is 12.8. The first kappa shape index (κ1) is 14.4. The molecular formula is C15H18N4O3. The first-order valence-electron chi connectivity index (χ1n) is 7.20. The lowest BCUT2D eigenvalue weighted by molar-refractivity contribution is -0.142. The molecule has 2 aromatic heterocycles. The van der Waals surface area contributed by atoms with E-state index < -0.39 is 12.0 Å². The molecule has 0 spiro atoms. The molecule has 7 heteroatoms. The molecule has 0 radical (unpaired) electrons. The van der Waals surface area contributed by atoms with E-state index in [4.69, 9.17) is 0 Å². The molecule has 1 amide bonds. The summed E-state index contributed by atoms with van der Waals surface area (Å²) in [5.74, 6) is -1.28. The zero-order chi connectivity index (χ0) is 15.9. The normalized spacial score (nSPS) is 17.6. The van der Waals surface area contributed by atoms with Crippen LogP contribution >= 0.6 is 0 Å². The van der Waals surface area contributed by atoms with Crippen LogP contribution in [0.3, 0.4) is 0 Å². The zero-order valence-corrected chi connectivity index (χ0v) is 12.5. The van der Waals surface area contributed by atoms with Crippen LogP contribution in [-0.2, 0) is 17.8 Å². The predicted molar refractivity (Wildman–Crippen MR) is 78.4 cm³/mol. The molecule has 0 saturated heterocycles. The van der Waals surface area contributed by atoms with Gasteiger partial charge in [0.1, 0.15) is 11.7 Å². The van der Waals surface area contributed by atoms with Gasteiger partial charge in [0, 0.05) is 18.7 Å². The van der Waals surface area contributed by atoms with Gasteiger partial charge in [-0.3, -0.25) is 4.79 Å². The molecule has 1 aliphatic rings. The largest absolute Gasteiger partial charge is 0.480 e. The number of carbonyl (C=O) groups excluding carboxylic acids is 1. The van der Waals surface area contributed by atoms with Crippen LogP contribution in [0.4, 0.5) is 0 Å². The minimum Gasteiger partial charge on any atom is -0.480 e. The lowest BCUT2D eigenvalue weighted by Gasteiger charge is -2.32. The number of fused-ring (bicyclic) bond motifs is 1. The van der Waals surface area contributed by atoms with Crippen LogP contribution in [0.25, 0.3) is 0 Å². The van der Waals surface area contributed by atoms with Gasteiger partial charge in [-0.05, 0) is 26.0 Å². The highest BCUT2D eigenvalue weighted by Gasteiger charge is 2.37. The Morgan fingerprint density at radius 1 is 1.45 bits per heavy atom. The van der Waals surface area contributed by atoms with Crippen molar-refractivity contribution in [3.8, 4) is 0 Å². The number of H-pyrrole nitrogens is 1. The molecular weight excluding hydrogens is 284 g/mol. The molecule has 3 rings (SSSR count). The number of imidazole rings is 1. The monoisotopic (exact) mass is 302 g/mol. The molecule has 0 aromatic carbocycles. The summed E-state index contributed by atoms with van der Waals surface area (Å²) in [4.78, 5) is 32.9. The zero-order valence-electron chi connectivity index (χ0n) is 12.5. The number of aromatic amines is 1. The Bertz CT molecular complexity index is 716. The van der Waals surface area contributed by atoms with Gasteiger partial charge in [-0.25, -0.2) is 9.78 Å². The van der Waals surface area contributed by atoms with Crippen molar-refractivity contribution in [2.24, 2.45) is 0 Å². The van der Waals surface area contributed by atoms with E-state index in [-0.39, 0.29) is 24.9 Å². The number of hydrogen-bond acceptors (Lipinski definition) is 3. The first-order chi connectivity index (χ1) is 10.5. The Labute approximate surface area is 127 Å². The molecule has 116 valence electrons. The second kappa shape index (κ2) is 5.32. The molecule has 0 saturated carbocycles. The molecule has 0 unspecified atom stereocenters. The fraction of sp³-hybridized carbons (Fsp3) is 0.400. The van der Waals surface area contributed by atoms with Gasteiger partial charge >= 0.3 is 5.97 Å². The fourth-order valence-electron chi connectivity index (χ4n) is 2.84. The Balaban J connectivity index is 1.96. The second-order valence-electron chi connectivity index (χ2n) is 5.71. The highest BCUT2D eigenvalue weighted by Crippen LogP contribution is 2.24. The van der Waals surface area contributed by atoms with Crippen molar-refractivity contribution >= 4 is 11.9 Å². The van der Waals surface area contributed by atoms with Crippen molar-refractivity contribution in [3.63, 3.8) is 0 Å². The molecule has 22 heavy (non-hydrogen) atoms. The van der Waals surface area contributed by atoms with Gasteiger partial charge in [-0.2, -0.15) is 0 Å². The molecule has 1 atom stereocenters. The van der Waals surface area contributed by atoms with Gasteiger partial charge in [0.2, 0.25) is 0 Å². The standard InChI is InChI=1S/C15H18N4O3/c1-9(2)18-5-3-4-12(18)14(20)19-7-11-10(16-8-17-11)6-13(19)15(21)22/h3-5,8-9,13H,6-7H2,1-2H3,(H,16,17)(H,21,22)/t13-/m1/s1. The van der Waals surface area contributed by atoms with Crippen LogP contribution in [0.5, 0.6) is 0 Å². The molecule has 2 aromatic rings. The van der Waals surface area contributed by atoms with Gasteiger partial charge in [0.25, 0.3) is 5.91 Å². The van der Waals surface area contributed by atoms with E-state index in [0.717, 1.165) is 11.4 Å². The van der Waals surface area contributed by atoms with Crippen LogP contribution in [-0.4, -0.2) is 42.5 Å². The van der Waals surface area contributed by atoms with Gasteiger partial charge in [-0.15, -0.1) is 0 Å². The Morgan fingerprint density at radius 3 is 2.91 bits per heavy atom. The quantitative estimate of drug-likeness (QED) is 0.897. The Kier molecular flexibility index (Phi) is 3.48. The third-order valence-electron chi connectivity index (χ3n) is 4.00. The summed E-state index contributed by atoms with van der Waals surface area (Å²) in [5.41, 5.74) is 2.02. The smallest absolute Gasteiger partial charge is 0.326 e. The van der Waals surface area contributed by atoms with E-state index >= 15 is 0 Å². The minimum absolute atomic E-state index is 0.129. The number of aromatic nitrogens is 3. The Morgan fingerprint density at radius 2 is 2.23 bits per heavy atom. The van der Waals surface area contributed by atoms with E-state index in [9.17, 15) is 14.7 Å². The number of carboxylic acids is 1. The second-order valence-corrected chi connectivity index (χ2v) is 5.71. The highest BCUT2D eigenvalue weighted by molar-refractivity contribution is 5.95. The van der Waals surface area contributed by atoms with Crippen LogP contribution in [0, 0.1) is 0 Å². The lowest BCUT2D eigenvalue weighted by Crippen LogP contribution is -2.49. The van der Waals surface area contributed by atoms with Crippen molar-refractivity contribution in [1.82, 2.24) is 19.4 Å². The van der Waals surface area contributed by atoms with Gasteiger partial charge in [-0.1, -0.05) is 0 Å². The average Bonchev–Trinajstić information content (AvgIpc) is 3.13. The summed E-state index contributed by atoms with van der Waals surface area (Å²) in [6.07, 6.45) is 3.59. The molecule has 7 nitrogen and oxygen atoms in total. The number of hydrogen-bond donors (Lipinski definition) is 2. The maximum Gasteiger partial charge on any atom is 0.326 e. The summed E-state index contributed by atoms with van der Waals surface area (Å²) in [6, 6.07) is 2.77. The predicted octanol–water partition coefficient (Wildman–Crippen LogP) is 1.44. The number of carboxylic acid groups (broad SMARTS) is 1. The van der Waals surface area contributed by atoms with Gasteiger partial charge in [0.05, 0.1) is 24.3 Å². The topological polar surface area (TPSA) is 91.2 Å². The summed E-state index contributed by atoms with van der Waals surface area (Å²) in [5, 5.41) is 9.46. The van der Waals surface area contributed by atoms with Crippen LogP contribution < -0.4 is 0 Å². The van der Waals surface area contributed by atoms with Crippen molar-refractivity contribution in [1.29, 1.82) is 0 Å². The molecule has 1 aliphatic heterocycles. The molecule has 0 aliphatic carbocycles. The maximum absolute atomic E-state index is 12.8. The Hall–Kier alpha value is -2.57. The molecule has 0 bridgehead atoms. The third-order valence-corrected chi connectivity index (χ3v) is 4.00. The van der Waals surface area contributed by atoms with E-state index in [1.54, 1.807) is 12.1 Å². The number of nitrogens with zero attached hydrogens (tertiary/aromatic N) is 3. The summed E-state index contributed by atoms with van der Waals surface area (Å²) >= 11 is 0. The number of nitrogens with one attached hydrogen (secondary N) is 1. The molecule has 0 fully saturated rings. The van der Waals surface area contributed by atoms with Gasteiger partial charge < -0.3 is 19.6 Å². The van der Waals surface area contributed by atoms with Crippen molar-refractivity contribution < 1.29 is 14.7 Å². The van der Waals surface area contributed by atoms with Crippen LogP contribution in [0.2, 0.25) is 0 Å². The van der Waals surface area contributed by atoms with E-state index in [1.165, 1.54) is 11.2 Å². The third kappa shape index (κ3) is 2.28. The van der Waals surface area contributed by atoms with Crippen LogP contribution in [0.1, 0.15) is 41.8 Å².